The Bertz CT molecular complexity index is 443. The van der Waals surface area contributed by atoms with Crippen molar-refractivity contribution < 1.29 is 4.79 Å². The van der Waals surface area contributed by atoms with Crippen molar-refractivity contribution in [1.82, 2.24) is 9.80 Å². The summed E-state index contributed by atoms with van der Waals surface area (Å²) in [4.78, 5) is 17.2. The Hall–Kier alpha value is -0.280. The van der Waals surface area contributed by atoms with Crippen LogP contribution in [0.25, 0.3) is 0 Å². The van der Waals surface area contributed by atoms with E-state index in [4.69, 9.17) is 0 Å². The van der Waals surface area contributed by atoms with Gasteiger partial charge in [0.25, 0.3) is 0 Å². The second kappa shape index (κ2) is 19.1. The lowest BCUT2D eigenvalue weighted by molar-refractivity contribution is -0.133. The molecule has 0 saturated carbocycles. The smallest absolute Gasteiger partial charge is 0.222 e. The monoisotopic (exact) mass is 470 g/mol. The maximum atomic E-state index is 12.6. The Labute approximate surface area is 206 Å². The Morgan fingerprint density at radius 2 is 1.00 bits per heavy atom. The largest absolute Gasteiger partial charge is 0.343 e. The van der Waals surface area contributed by atoms with Crippen molar-refractivity contribution in [2.45, 2.75) is 129 Å². The standard InChI is InChI=1S/C28H54N2O.ClH/c1-3-4-5-6-7-8-9-10-11-12-13-14-15-16-17-28(31)30-24-20-27(21-25-30)26-18-22-29(2)23-19-26;/h26-27H,3-25H2,1-2H3;1H. The summed E-state index contributed by atoms with van der Waals surface area (Å²) < 4.78 is 0. The highest BCUT2D eigenvalue weighted by molar-refractivity contribution is 5.85. The van der Waals surface area contributed by atoms with Crippen LogP contribution in [0.4, 0.5) is 0 Å². The van der Waals surface area contributed by atoms with Crippen molar-refractivity contribution in [2.24, 2.45) is 11.8 Å². The van der Waals surface area contributed by atoms with Gasteiger partial charge in [-0.25, -0.2) is 0 Å². The van der Waals surface area contributed by atoms with E-state index in [0.29, 0.717) is 5.91 Å². The summed E-state index contributed by atoms with van der Waals surface area (Å²) in [7, 11) is 2.24. The first-order chi connectivity index (χ1) is 15.2. The molecule has 0 bridgehead atoms. The topological polar surface area (TPSA) is 23.6 Å². The Morgan fingerprint density at radius 1 is 0.625 bits per heavy atom. The SMILES string of the molecule is CCCCCCCCCCCCCCCCC(=O)N1CCC(C2CCN(C)CC2)CC1.Cl. The van der Waals surface area contributed by atoms with Gasteiger partial charge in [-0.3, -0.25) is 4.79 Å². The zero-order chi connectivity index (χ0) is 22.2. The molecule has 0 aromatic heterocycles. The van der Waals surface area contributed by atoms with E-state index in [1.165, 1.54) is 122 Å². The van der Waals surface area contributed by atoms with Crippen molar-refractivity contribution in [2.75, 3.05) is 33.2 Å². The van der Waals surface area contributed by atoms with Gasteiger partial charge in [-0.1, -0.05) is 90.4 Å². The van der Waals surface area contributed by atoms with Gasteiger partial charge in [-0.15, -0.1) is 12.4 Å². The number of amides is 1. The van der Waals surface area contributed by atoms with Crippen molar-refractivity contribution in [3.63, 3.8) is 0 Å². The number of carbonyl (C=O) groups excluding carboxylic acids is 1. The summed E-state index contributed by atoms with van der Waals surface area (Å²) in [6.45, 7) is 6.87. The van der Waals surface area contributed by atoms with E-state index < -0.39 is 0 Å². The van der Waals surface area contributed by atoms with E-state index >= 15 is 0 Å². The highest BCUT2D eigenvalue weighted by Gasteiger charge is 2.29. The quantitative estimate of drug-likeness (QED) is 0.214. The van der Waals surface area contributed by atoms with Crippen LogP contribution in [0.1, 0.15) is 129 Å². The van der Waals surface area contributed by atoms with E-state index in [-0.39, 0.29) is 12.4 Å². The molecular formula is C28H55ClN2O. The van der Waals surface area contributed by atoms with Gasteiger partial charge >= 0.3 is 0 Å². The third kappa shape index (κ3) is 12.8. The van der Waals surface area contributed by atoms with Gasteiger partial charge in [0.1, 0.15) is 0 Å². The number of likely N-dealkylation sites (tertiary alicyclic amines) is 2. The van der Waals surface area contributed by atoms with Gasteiger partial charge in [-0.2, -0.15) is 0 Å². The van der Waals surface area contributed by atoms with Crippen molar-refractivity contribution in [3.05, 3.63) is 0 Å². The number of rotatable bonds is 16. The number of halogens is 1. The van der Waals surface area contributed by atoms with Crippen molar-refractivity contribution >= 4 is 18.3 Å². The minimum atomic E-state index is 0. The number of hydrogen-bond donors (Lipinski definition) is 0. The fraction of sp³-hybridized carbons (Fsp3) is 0.964. The fourth-order valence-corrected chi connectivity index (χ4v) is 5.75. The number of carbonyl (C=O) groups is 1. The van der Waals surface area contributed by atoms with Crippen LogP contribution >= 0.6 is 12.4 Å². The first-order valence-corrected chi connectivity index (χ1v) is 14.2. The minimum Gasteiger partial charge on any atom is -0.343 e. The van der Waals surface area contributed by atoms with Crippen LogP contribution in [0.3, 0.4) is 0 Å². The highest BCUT2D eigenvalue weighted by atomic mass is 35.5. The summed E-state index contributed by atoms with van der Waals surface area (Å²) in [6.07, 6.45) is 25.3. The summed E-state index contributed by atoms with van der Waals surface area (Å²) in [5, 5.41) is 0. The summed E-state index contributed by atoms with van der Waals surface area (Å²) >= 11 is 0. The average molecular weight is 471 g/mol. The Balaban J connectivity index is 0.00000512. The molecule has 2 heterocycles. The molecule has 0 aromatic rings. The zero-order valence-electron chi connectivity index (χ0n) is 21.6. The molecule has 2 aliphatic heterocycles. The molecule has 0 N–H and O–H groups in total. The molecule has 0 spiro atoms. The molecular weight excluding hydrogens is 416 g/mol. The van der Waals surface area contributed by atoms with Crippen LogP contribution in [0, 0.1) is 11.8 Å². The molecule has 2 rings (SSSR count). The second-order valence-electron chi connectivity index (χ2n) is 10.7. The van der Waals surface area contributed by atoms with Crippen LogP contribution in [-0.4, -0.2) is 48.9 Å². The number of unbranched alkanes of at least 4 members (excludes halogenated alkanes) is 13. The Morgan fingerprint density at radius 3 is 1.44 bits per heavy atom. The molecule has 0 aromatic carbocycles. The molecule has 4 heteroatoms. The molecule has 2 fully saturated rings. The lowest BCUT2D eigenvalue weighted by Gasteiger charge is -2.39. The van der Waals surface area contributed by atoms with Gasteiger partial charge in [-0.05, 0) is 64.1 Å². The van der Waals surface area contributed by atoms with Crippen molar-refractivity contribution in [1.29, 1.82) is 0 Å². The molecule has 3 nitrogen and oxygen atoms in total. The lowest BCUT2D eigenvalue weighted by atomic mass is 9.79. The molecule has 0 atom stereocenters. The van der Waals surface area contributed by atoms with Gasteiger partial charge < -0.3 is 9.80 Å². The maximum Gasteiger partial charge on any atom is 0.222 e. The van der Waals surface area contributed by atoms with Crippen LogP contribution in [-0.2, 0) is 4.79 Å². The molecule has 0 radical (unpaired) electrons. The molecule has 2 saturated heterocycles. The van der Waals surface area contributed by atoms with E-state index in [0.717, 1.165) is 37.8 Å². The molecule has 2 aliphatic rings. The first-order valence-electron chi connectivity index (χ1n) is 14.2. The zero-order valence-corrected chi connectivity index (χ0v) is 22.4. The van der Waals surface area contributed by atoms with E-state index in [9.17, 15) is 4.79 Å². The molecule has 32 heavy (non-hydrogen) atoms. The molecule has 1 amide bonds. The number of piperidine rings is 2. The average Bonchev–Trinajstić information content (AvgIpc) is 2.80. The summed E-state index contributed by atoms with van der Waals surface area (Å²) in [5.41, 5.74) is 0. The van der Waals surface area contributed by atoms with Gasteiger partial charge in [0.05, 0.1) is 0 Å². The molecule has 190 valence electrons. The van der Waals surface area contributed by atoms with E-state index in [2.05, 4.69) is 23.8 Å². The third-order valence-corrected chi connectivity index (χ3v) is 8.07. The highest BCUT2D eigenvalue weighted by Crippen LogP contribution is 2.32. The Kier molecular flexibility index (Phi) is 17.7. The van der Waals surface area contributed by atoms with Gasteiger partial charge in [0.15, 0.2) is 0 Å². The second-order valence-corrected chi connectivity index (χ2v) is 10.7. The lowest BCUT2D eigenvalue weighted by Crippen LogP contribution is -2.42. The molecule has 0 aliphatic carbocycles. The van der Waals surface area contributed by atoms with E-state index in [1.54, 1.807) is 0 Å². The number of nitrogens with zero attached hydrogens (tertiary/aromatic N) is 2. The van der Waals surface area contributed by atoms with Crippen LogP contribution in [0.5, 0.6) is 0 Å². The van der Waals surface area contributed by atoms with Crippen LogP contribution < -0.4 is 0 Å². The predicted molar refractivity (Wildman–Crippen MR) is 142 cm³/mol. The van der Waals surface area contributed by atoms with Crippen LogP contribution in [0.15, 0.2) is 0 Å². The normalized spacial score (nSPS) is 18.6. The van der Waals surface area contributed by atoms with Gasteiger partial charge in [0, 0.05) is 19.5 Å². The fourth-order valence-electron chi connectivity index (χ4n) is 5.75. The number of hydrogen-bond acceptors (Lipinski definition) is 2. The summed E-state index contributed by atoms with van der Waals surface area (Å²) in [6, 6.07) is 0. The minimum absolute atomic E-state index is 0. The van der Waals surface area contributed by atoms with Crippen LogP contribution in [0.2, 0.25) is 0 Å². The summed E-state index contributed by atoms with van der Waals surface area (Å²) in [5.74, 6) is 2.22. The van der Waals surface area contributed by atoms with Gasteiger partial charge in [0.2, 0.25) is 5.91 Å². The molecule has 0 unspecified atom stereocenters. The third-order valence-electron chi connectivity index (χ3n) is 8.07. The van der Waals surface area contributed by atoms with Crippen molar-refractivity contribution in [3.8, 4) is 0 Å². The maximum absolute atomic E-state index is 12.6. The predicted octanol–water partition coefficient (Wildman–Crippen LogP) is 7.86. The van der Waals surface area contributed by atoms with E-state index in [1.807, 2.05) is 0 Å². The first kappa shape index (κ1) is 29.8.